The van der Waals surface area contributed by atoms with Crippen LogP contribution >= 0.6 is 11.8 Å². The molecule has 112 valence electrons. The molecule has 0 radical (unpaired) electrons. The quantitative estimate of drug-likeness (QED) is 0.794. The van der Waals surface area contributed by atoms with Gasteiger partial charge in [-0.3, -0.25) is 0 Å². The SMILES string of the molecule is CCNc1nc(-c2ccc(SCC)cc2)nc(CC)c1C. The second kappa shape index (κ2) is 7.46. The summed E-state index contributed by atoms with van der Waals surface area (Å²) in [6, 6.07) is 8.51. The van der Waals surface area contributed by atoms with Crippen molar-refractivity contribution in [3.63, 3.8) is 0 Å². The third kappa shape index (κ3) is 3.76. The molecule has 0 amide bonds. The molecule has 0 unspecified atom stereocenters. The molecule has 1 aromatic heterocycles. The average Bonchev–Trinajstić information content (AvgIpc) is 2.51. The smallest absolute Gasteiger partial charge is 0.161 e. The molecular weight excluding hydrogens is 278 g/mol. The highest BCUT2D eigenvalue weighted by Crippen LogP contribution is 2.25. The molecule has 0 aliphatic rings. The Labute approximate surface area is 131 Å². The molecule has 1 N–H and O–H groups in total. The Balaban J connectivity index is 2.40. The van der Waals surface area contributed by atoms with E-state index in [4.69, 9.17) is 4.98 Å². The minimum absolute atomic E-state index is 0.807. The highest BCUT2D eigenvalue weighted by molar-refractivity contribution is 7.99. The largest absolute Gasteiger partial charge is 0.370 e. The fourth-order valence-corrected chi connectivity index (χ4v) is 2.90. The van der Waals surface area contributed by atoms with E-state index in [1.165, 1.54) is 4.90 Å². The lowest BCUT2D eigenvalue weighted by Crippen LogP contribution is -2.07. The van der Waals surface area contributed by atoms with E-state index in [0.717, 1.165) is 47.2 Å². The van der Waals surface area contributed by atoms with Gasteiger partial charge in [0, 0.05) is 28.3 Å². The molecule has 0 atom stereocenters. The number of thioether (sulfide) groups is 1. The van der Waals surface area contributed by atoms with E-state index in [9.17, 15) is 0 Å². The van der Waals surface area contributed by atoms with Gasteiger partial charge in [-0.2, -0.15) is 0 Å². The molecule has 1 aromatic carbocycles. The highest BCUT2D eigenvalue weighted by Gasteiger charge is 2.10. The first-order valence-electron chi connectivity index (χ1n) is 7.54. The highest BCUT2D eigenvalue weighted by atomic mass is 32.2. The van der Waals surface area contributed by atoms with Crippen molar-refractivity contribution in [2.45, 2.75) is 39.0 Å². The molecule has 0 bridgehead atoms. The Hall–Kier alpha value is -1.55. The Bertz CT molecular complexity index is 594. The van der Waals surface area contributed by atoms with Gasteiger partial charge in [-0.15, -0.1) is 11.8 Å². The third-order valence-electron chi connectivity index (χ3n) is 3.35. The molecule has 0 saturated carbocycles. The maximum Gasteiger partial charge on any atom is 0.161 e. The zero-order valence-electron chi connectivity index (χ0n) is 13.2. The molecule has 21 heavy (non-hydrogen) atoms. The number of hydrogen-bond donors (Lipinski definition) is 1. The lowest BCUT2D eigenvalue weighted by atomic mass is 10.1. The monoisotopic (exact) mass is 301 g/mol. The van der Waals surface area contributed by atoms with Gasteiger partial charge in [0.1, 0.15) is 5.82 Å². The summed E-state index contributed by atoms with van der Waals surface area (Å²) in [5.41, 5.74) is 3.34. The summed E-state index contributed by atoms with van der Waals surface area (Å²) in [4.78, 5) is 10.7. The summed E-state index contributed by atoms with van der Waals surface area (Å²) in [6.07, 6.45) is 0.920. The van der Waals surface area contributed by atoms with Gasteiger partial charge in [-0.05, 0) is 38.2 Å². The number of nitrogens with zero attached hydrogens (tertiary/aromatic N) is 2. The van der Waals surface area contributed by atoms with Gasteiger partial charge in [0.25, 0.3) is 0 Å². The zero-order chi connectivity index (χ0) is 15.2. The molecular formula is C17H23N3S. The van der Waals surface area contributed by atoms with Crippen LogP contribution in [0.15, 0.2) is 29.2 Å². The van der Waals surface area contributed by atoms with Crippen molar-refractivity contribution >= 4 is 17.6 Å². The summed E-state index contributed by atoms with van der Waals surface area (Å²) in [7, 11) is 0. The number of nitrogens with one attached hydrogen (secondary N) is 1. The van der Waals surface area contributed by atoms with Gasteiger partial charge in [-0.1, -0.05) is 26.0 Å². The van der Waals surface area contributed by atoms with Crippen LogP contribution in [0, 0.1) is 6.92 Å². The second-order valence-electron chi connectivity index (χ2n) is 4.81. The van der Waals surface area contributed by atoms with Gasteiger partial charge < -0.3 is 5.32 Å². The van der Waals surface area contributed by atoms with E-state index >= 15 is 0 Å². The van der Waals surface area contributed by atoms with Gasteiger partial charge in [0.15, 0.2) is 5.82 Å². The molecule has 0 aliphatic heterocycles. The van der Waals surface area contributed by atoms with E-state index < -0.39 is 0 Å². The van der Waals surface area contributed by atoms with Crippen molar-refractivity contribution < 1.29 is 0 Å². The number of hydrogen-bond acceptors (Lipinski definition) is 4. The summed E-state index contributed by atoms with van der Waals surface area (Å²) >= 11 is 1.85. The zero-order valence-corrected chi connectivity index (χ0v) is 14.0. The first kappa shape index (κ1) is 15.8. The summed E-state index contributed by atoms with van der Waals surface area (Å²) in [5, 5.41) is 3.34. The number of aryl methyl sites for hydroxylation is 1. The molecule has 0 fully saturated rings. The van der Waals surface area contributed by atoms with Gasteiger partial charge in [0.2, 0.25) is 0 Å². The lowest BCUT2D eigenvalue weighted by molar-refractivity contribution is 0.970. The fraction of sp³-hybridized carbons (Fsp3) is 0.412. The van der Waals surface area contributed by atoms with Gasteiger partial charge in [-0.25, -0.2) is 9.97 Å². The maximum absolute atomic E-state index is 4.72. The molecule has 0 spiro atoms. The molecule has 1 heterocycles. The van der Waals surface area contributed by atoms with E-state index in [-0.39, 0.29) is 0 Å². The molecule has 2 rings (SSSR count). The summed E-state index contributed by atoms with van der Waals surface area (Å²) in [5.74, 6) is 2.85. The maximum atomic E-state index is 4.72. The van der Waals surface area contributed by atoms with Crippen LogP contribution in [0.5, 0.6) is 0 Å². The lowest BCUT2D eigenvalue weighted by Gasteiger charge is -2.12. The molecule has 0 aliphatic carbocycles. The Morgan fingerprint density at radius 1 is 1.05 bits per heavy atom. The Morgan fingerprint density at radius 2 is 1.76 bits per heavy atom. The average molecular weight is 301 g/mol. The normalized spacial score (nSPS) is 10.7. The van der Waals surface area contributed by atoms with E-state index in [1.807, 2.05) is 11.8 Å². The van der Waals surface area contributed by atoms with Crippen LogP contribution in [0.2, 0.25) is 0 Å². The predicted molar refractivity (Wildman–Crippen MR) is 92.1 cm³/mol. The first-order chi connectivity index (χ1) is 10.2. The van der Waals surface area contributed by atoms with Gasteiger partial charge in [0.05, 0.1) is 0 Å². The van der Waals surface area contributed by atoms with Crippen molar-refractivity contribution in [2.75, 3.05) is 17.6 Å². The van der Waals surface area contributed by atoms with E-state index in [1.54, 1.807) is 0 Å². The van der Waals surface area contributed by atoms with Crippen molar-refractivity contribution in [1.29, 1.82) is 0 Å². The van der Waals surface area contributed by atoms with Crippen molar-refractivity contribution in [1.82, 2.24) is 9.97 Å². The molecule has 2 aromatic rings. The van der Waals surface area contributed by atoms with Crippen molar-refractivity contribution in [2.24, 2.45) is 0 Å². The number of rotatable bonds is 6. The summed E-state index contributed by atoms with van der Waals surface area (Å²) < 4.78 is 0. The number of anilines is 1. The van der Waals surface area contributed by atoms with E-state index in [2.05, 4.69) is 62.3 Å². The molecule has 0 saturated heterocycles. The van der Waals surface area contributed by atoms with E-state index in [0.29, 0.717) is 0 Å². The minimum Gasteiger partial charge on any atom is -0.370 e. The van der Waals surface area contributed by atoms with Gasteiger partial charge >= 0.3 is 0 Å². The van der Waals surface area contributed by atoms with Crippen LogP contribution in [-0.4, -0.2) is 22.3 Å². The number of aromatic nitrogens is 2. The standard InChI is InChI=1S/C17H23N3S/c1-5-15-12(4)16(18-6-2)20-17(19-15)13-8-10-14(11-9-13)21-7-3/h8-11H,5-7H2,1-4H3,(H,18,19,20). The second-order valence-corrected chi connectivity index (χ2v) is 6.15. The summed E-state index contributed by atoms with van der Waals surface area (Å²) in [6.45, 7) is 9.34. The molecule has 4 heteroatoms. The fourth-order valence-electron chi connectivity index (χ4n) is 2.24. The Morgan fingerprint density at radius 3 is 2.33 bits per heavy atom. The third-order valence-corrected chi connectivity index (χ3v) is 4.24. The van der Waals surface area contributed by atoms with Crippen LogP contribution in [0.1, 0.15) is 32.0 Å². The Kier molecular flexibility index (Phi) is 5.62. The number of benzene rings is 1. The first-order valence-corrected chi connectivity index (χ1v) is 8.52. The van der Waals surface area contributed by atoms with Crippen LogP contribution in [0.4, 0.5) is 5.82 Å². The van der Waals surface area contributed by atoms with Crippen LogP contribution in [0.25, 0.3) is 11.4 Å². The van der Waals surface area contributed by atoms with Crippen LogP contribution < -0.4 is 5.32 Å². The van der Waals surface area contributed by atoms with Crippen molar-refractivity contribution in [3.8, 4) is 11.4 Å². The van der Waals surface area contributed by atoms with Crippen LogP contribution in [-0.2, 0) is 6.42 Å². The molecule has 3 nitrogen and oxygen atoms in total. The van der Waals surface area contributed by atoms with Crippen molar-refractivity contribution in [3.05, 3.63) is 35.5 Å². The van der Waals surface area contributed by atoms with Crippen LogP contribution in [0.3, 0.4) is 0 Å². The minimum atomic E-state index is 0.807. The topological polar surface area (TPSA) is 37.8 Å². The predicted octanol–water partition coefficient (Wildman–Crippen LogP) is 4.56.